The van der Waals surface area contributed by atoms with E-state index in [0.717, 1.165) is 12.1 Å². The number of pyridine rings is 1. The average Bonchev–Trinajstić information content (AvgIpc) is 3.13. The number of fused-ring (bicyclic) bond motifs is 1. The Hall–Kier alpha value is -2.86. The number of hydrogen-bond donors (Lipinski definition) is 2. The summed E-state index contributed by atoms with van der Waals surface area (Å²) in [5.41, 5.74) is 0.691. The van der Waals surface area contributed by atoms with Crippen LogP contribution in [0.25, 0.3) is 11.2 Å². The standard InChI is InChI=1S/C23H22Cl2F5N5O2/c1-35-19-17(32-22(35)33-18-15(24)8-12(27)9-16(18)25)10-14(21(34-19)37-7-6-26)20(36)31-13-4-2-11(3-5-13)23(28,29)30/h8-11,13H,2-7H2,1H3,(H,31,36)(H,32,33). The summed E-state index contributed by atoms with van der Waals surface area (Å²) in [4.78, 5) is 21.8. The zero-order valence-electron chi connectivity index (χ0n) is 19.4. The first-order valence-corrected chi connectivity index (χ1v) is 12.1. The summed E-state index contributed by atoms with van der Waals surface area (Å²) in [6.45, 7) is -1.19. The van der Waals surface area contributed by atoms with Gasteiger partial charge >= 0.3 is 6.18 Å². The second-order valence-corrected chi connectivity index (χ2v) is 9.46. The molecule has 1 aliphatic carbocycles. The van der Waals surface area contributed by atoms with E-state index in [-0.39, 0.29) is 76.6 Å². The van der Waals surface area contributed by atoms with E-state index in [2.05, 4.69) is 20.6 Å². The van der Waals surface area contributed by atoms with Crippen molar-refractivity contribution in [2.45, 2.75) is 37.9 Å². The lowest BCUT2D eigenvalue weighted by Gasteiger charge is -2.30. The van der Waals surface area contributed by atoms with Crippen LogP contribution in [0.1, 0.15) is 36.0 Å². The number of amides is 1. The molecular weight excluding hydrogens is 544 g/mol. The van der Waals surface area contributed by atoms with E-state index in [4.69, 9.17) is 27.9 Å². The molecule has 1 fully saturated rings. The fourth-order valence-electron chi connectivity index (χ4n) is 4.22. The predicted octanol–water partition coefficient (Wildman–Crippen LogP) is 6.36. The van der Waals surface area contributed by atoms with Crippen LogP contribution >= 0.6 is 23.2 Å². The normalized spacial score (nSPS) is 18.2. The molecule has 0 aliphatic heterocycles. The summed E-state index contributed by atoms with van der Waals surface area (Å²) in [6.07, 6.45) is -4.09. The Bertz CT molecular complexity index is 1290. The lowest BCUT2D eigenvalue weighted by Crippen LogP contribution is -2.40. The van der Waals surface area contributed by atoms with E-state index in [0.29, 0.717) is 0 Å². The fourth-order valence-corrected chi connectivity index (χ4v) is 4.77. The first-order valence-electron chi connectivity index (χ1n) is 11.3. The minimum atomic E-state index is -4.26. The zero-order chi connectivity index (χ0) is 26.9. The van der Waals surface area contributed by atoms with E-state index < -0.39 is 36.5 Å². The number of carbonyl (C=O) groups is 1. The number of aromatic nitrogens is 3. The molecule has 2 heterocycles. The van der Waals surface area contributed by atoms with Gasteiger partial charge in [-0.25, -0.2) is 13.8 Å². The van der Waals surface area contributed by atoms with Gasteiger partial charge in [-0.05, 0) is 43.9 Å². The molecule has 1 aliphatic rings. The number of ether oxygens (including phenoxy) is 1. The van der Waals surface area contributed by atoms with Gasteiger partial charge in [0.15, 0.2) is 5.65 Å². The molecule has 37 heavy (non-hydrogen) atoms. The number of nitrogens with zero attached hydrogens (tertiary/aromatic N) is 3. The monoisotopic (exact) mass is 565 g/mol. The molecule has 0 unspecified atom stereocenters. The van der Waals surface area contributed by atoms with Gasteiger partial charge in [-0.3, -0.25) is 9.36 Å². The third kappa shape index (κ3) is 6.01. The largest absolute Gasteiger partial charge is 0.474 e. The third-order valence-corrected chi connectivity index (χ3v) is 6.74. The molecule has 1 amide bonds. The summed E-state index contributed by atoms with van der Waals surface area (Å²) in [5.74, 6) is -2.58. The van der Waals surface area contributed by atoms with E-state index >= 15 is 0 Å². The van der Waals surface area contributed by atoms with Crippen LogP contribution in [0.2, 0.25) is 10.0 Å². The Morgan fingerprint density at radius 2 is 1.78 bits per heavy atom. The first kappa shape index (κ1) is 27.2. The van der Waals surface area contributed by atoms with Gasteiger partial charge in [0.2, 0.25) is 11.8 Å². The third-order valence-electron chi connectivity index (χ3n) is 6.14. The molecule has 7 nitrogen and oxygen atoms in total. The summed E-state index contributed by atoms with van der Waals surface area (Å²) < 4.78 is 72.1. The smallest absolute Gasteiger partial charge is 0.391 e. The van der Waals surface area contributed by atoms with Crippen LogP contribution in [0.5, 0.6) is 5.88 Å². The number of benzene rings is 1. The number of alkyl halides is 4. The van der Waals surface area contributed by atoms with Crippen LogP contribution in [-0.4, -0.2) is 45.9 Å². The summed E-state index contributed by atoms with van der Waals surface area (Å²) in [7, 11) is 1.60. The highest BCUT2D eigenvalue weighted by atomic mass is 35.5. The molecule has 1 aromatic carbocycles. The SMILES string of the molecule is Cn1c(Nc2c(Cl)cc(F)cc2Cl)nc2cc(C(=O)NC3CCC(C(F)(F)F)CC3)c(OCCF)nc21. The first-order chi connectivity index (χ1) is 17.5. The Morgan fingerprint density at radius 1 is 1.14 bits per heavy atom. The van der Waals surface area contributed by atoms with Crippen molar-refractivity contribution >= 4 is 51.9 Å². The van der Waals surface area contributed by atoms with Crippen LogP contribution in [0.4, 0.5) is 33.6 Å². The molecule has 1 saturated carbocycles. The van der Waals surface area contributed by atoms with Crippen LogP contribution < -0.4 is 15.4 Å². The number of anilines is 2. The number of carbonyl (C=O) groups excluding carboxylic acids is 1. The number of imidazole rings is 1. The van der Waals surface area contributed by atoms with Gasteiger partial charge in [-0.15, -0.1) is 0 Å². The number of aryl methyl sites for hydroxylation is 1. The fraction of sp³-hybridized carbons (Fsp3) is 0.435. The van der Waals surface area contributed by atoms with E-state index in [1.54, 1.807) is 7.05 Å². The van der Waals surface area contributed by atoms with Gasteiger partial charge in [0.1, 0.15) is 30.2 Å². The number of halogens is 7. The maximum Gasteiger partial charge on any atom is 0.391 e. The highest BCUT2D eigenvalue weighted by molar-refractivity contribution is 6.39. The van der Waals surface area contributed by atoms with E-state index in [1.165, 1.54) is 10.6 Å². The summed E-state index contributed by atoms with van der Waals surface area (Å²) >= 11 is 12.2. The molecule has 2 N–H and O–H groups in total. The lowest BCUT2D eigenvalue weighted by atomic mass is 9.85. The second-order valence-electron chi connectivity index (χ2n) is 8.65. The predicted molar refractivity (Wildman–Crippen MR) is 129 cm³/mol. The quantitative estimate of drug-likeness (QED) is 0.326. The van der Waals surface area contributed by atoms with E-state index in [1.807, 2.05) is 0 Å². The Balaban J connectivity index is 1.61. The van der Waals surface area contributed by atoms with Gasteiger partial charge in [-0.1, -0.05) is 23.2 Å². The number of nitrogens with one attached hydrogen (secondary N) is 2. The lowest BCUT2D eigenvalue weighted by molar-refractivity contribution is -0.182. The van der Waals surface area contributed by atoms with Gasteiger partial charge in [0.05, 0.1) is 21.7 Å². The van der Waals surface area contributed by atoms with Crippen molar-refractivity contribution in [2.75, 3.05) is 18.6 Å². The van der Waals surface area contributed by atoms with Gasteiger partial charge < -0.3 is 15.4 Å². The topological polar surface area (TPSA) is 81.1 Å². The van der Waals surface area contributed by atoms with Crippen molar-refractivity contribution in [3.05, 3.63) is 39.6 Å². The molecule has 0 radical (unpaired) electrons. The van der Waals surface area contributed by atoms with Crippen molar-refractivity contribution in [3.63, 3.8) is 0 Å². The zero-order valence-corrected chi connectivity index (χ0v) is 20.9. The summed E-state index contributed by atoms with van der Waals surface area (Å²) in [6, 6.07) is 3.08. The van der Waals surface area contributed by atoms with Crippen molar-refractivity contribution < 1.29 is 31.5 Å². The maximum atomic E-state index is 13.5. The summed E-state index contributed by atoms with van der Waals surface area (Å²) in [5, 5.41) is 5.66. The minimum absolute atomic E-state index is 0.0114. The molecule has 14 heteroatoms. The van der Waals surface area contributed by atoms with Crippen LogP contribution in [0.15, 0.2) is 18.2 Å². The minimum Gasteiger partial charge on any atom is -0.474 e. The molecule has 0 bridgehead atoms. The van der Waals surface area contributed by atoms with Crippen LogP contribution in [-0.2, 0) is 7.05 Å². The molecular formula is C23H22Cl2F5N5O2. The highest BCUT2D eigenvalue weighted by Gasteiger charge is 2.41. The van der Waals surface area contributed by atoms with Gasteiger partial charge in [-0.2, -0.15) is 18.2 Å². The second kappa shape index (κ2) is 10.9. The molecule has 0 atom stereocenters. The number of hydrogen-bond acceptors (Lipinski definition) is 5. The highest BCUT2D eigenvalue weighted by Crippen LogP contribution is 2.38. The van der Waals surface area contributed by atoms with E-state index in [9.17, 15) is 26.7 Å². The number of rotatable bonds is 7. The van der Waals surface area contributed by atoms with Crippen molar-refractivity contribution in [2.24, 2.45) is 13.0 Å². The Labute approximate surface area is 218 Å². The molecule has 0 saturated heterocycles. The maximum absolute atomic E-state index is 13.5. The van der Waals surface area contributed by atoms with Crippen LogP contribution in [0, 0.1) is 11.7 Å². The molecule has 2 aromatic heterocycles. The van der Waals surface area contributed by atoms with Crippen molar-refractivity contribution in [3.8, 4) is 5.88 Å². The Morgan fingerprint density at radius 3 is 2.38 bits per heavy atom. The van der Waals surface area contributed by atoms with Crippen LogP contribution in [0.3, 0.4) is 0 Å². The Kier molecular flexibility index (Phi) is 7.98. The molecule has 0 spiro atoms. The van der Waals surface area contributed by atoms with Crippen molar-refractivity contribution in [1.29, 1.82) is 0 Å². The average molecular weight is 566 g/mol. The molecule has 3 aromatic rings. The van der Waals surface area contributed by atoms with Crippen molar-refractivity contribution in [1.82, 2.24) is 19.9 Å². The van der Waals surface area contributed by atoms with Gasteiger partial charge in [0, 0.05) is 13.1 Å². The van der Waals surface area contributed by atoms with Gasteiger partial charge in [0.25, 0.3) is 5.91 Å². The molecule has 4 rings (SSSR count). The molecule has 200 valence electrons.